The van der Waals surface area contributed by atoms with Crippen LogP contribution in [0, 0.1) is 18.6 Å². The highest BCUT2D eigenvalue weighted by Gasteiger charge is 2.18. The van der Waals surface area contributed by atoms with Gasteiger partial charge in [0, 0.05) is 0 Å². The van der Waals surface area contributed by atoms with Gasteiger partial charge in [-0.15, -0.1) is 0 Å². The van der Waals surface area contributed by atoms with Crippen molar-refractivity contribution in [2.75, 3.05) is 0 Å². The van der Waals surface area contributed by atoms with Crippen LogP contribution in [0.15, 0.2) is 24.3 Å². The standard InChI is InChI=1S/C18H19F2NO4/c1-3-11-8-12(4-9(2)16(11)22)25-17-13(19)5-10(6-14(17)20)7-15(21)18(23)24/h4-6,8,15,22H,3,7,21H2,1-2H3,(H,23,24). The van der Waals surface area contributed by atoms with Gasteiger partial charge in [0.25, 0.3) is 0 Å². The number of hydrogen-bond donors (Lipinski definition) is 3. The van der Waals surface area contributed by atoms with Crippen molar-refractivity contribution in [1.82, 2.24) is 0 Å². The van der Waals surface area contributed by atoms with Crippen molar-refractivity contribution < 1.29 is 28.5 Å². The molecule has 1 atom stereocenters. The van der Waals surface area contributed by atoms with Gasteiger partial charge in [0.05, 0.1) is 0 Å². The fourth-order valence-electron chi connectivity index (χ4n) is 2.43. The number of carbonyl (C=O) groups is 1. The summed E-state index contributed by atoms with van der Waals surface area (Å²) in [5, 5.41) is 18.7. The number of phenolic OH excluding ortho intramolecular Hbond substituents is 1. The van der Waals surface area contributed by atoms with Crippen LogP contribution in [0.1, 0.15) is 23.6 Å². The number of hydrogen-bond acceptors (Lipinski definition) is 4. The van der Waals surface area contributed by atoms with Crippen LogP contribution in [-0.4, -0.2) is 22.2 Å². The van der Waals surface area contributed by atoms with Crippen molar-refractivity contribution in [2.45, 2.75) is 32.7 Å². The summed E-state index contributed by atoms with van der Waals surface area (Å²) in [4.78, 5) is 10.7. The van der Waals surface area contributed by atoms with E-state index in [0.29, 0.717) is 17.5 Å². The number of benzene rings is 2. The van der Waals surface area contributed by atoms with Gasteiger partial charge in [-0.05, 0) is 60.7 Å². The molecular formula is C18H19F2NO4. The zero-order valence-electron chi connectivity index (χ0n) is 13.8. The van der Waals surface area contributed by atoms with Gasteiger partial charge in [-0.3, -0.25) is 4.79 Å². The maximum Gasteiger partial charge on any atom is 0.320 e. The third-order valence-corrected chi connectivity index (χ3v) is 3.78. The zero-order chi connectivity index (χ0) is 18.7. The van der Waals surface area contributed by atoms with Crippen LogP contribution in [0.4, 0.5) is 8.78 Å². The summed E-state index contributed by atoms with van der Waals surface area (Å²) in [5.41, 5.74) is 6.62. The lowest BCUT2D eigenvalue weighted by Gasteiger charge is -2.13. The smallest absolute Gasteiger partial charge is 0.320 e. The Kier molecular flexibility index (Phi) is 5.58. The lowest BCUT2D eigenvalue weighted by atomic mass is 10.1. The first-order valence-electron chi connectivity index (χ1n) is 7.69. The Morgan fingerprint density at radius 3 is 2.36 bits per heavy atom. The summed E-state index contributed by atoms with van der Waals surface area (Å²) in [6.07, 6.45) is 0.322. The van der Waals surface area contributed by atoms with E-state index in [1.54, 1.807) is 6.92 Å². The highest BCUT2D eigenvalue weighted by molar-refractivity contribution is 5.73. The molecule has 25 heavy (non-hydrogen) atoms. The maximum atomic E-state index is 14.2. The van der Waals surface area contributed by atoms with Crippen LogP contribution >= 0.6 is 0 Å². The fourth-order valence-corrected chi connectivity index (χ4v) is 2.43. The van der Waals surface area contributed by atoms with Crippen molar-refractivity contribution in [3.05, 3.63) is 52.6 Å². The Morgan fingerprint density at radius 1 is 1.24 bits per heavy atom. The molecule has 0 bridgehead atoms. The van der Waals surface area contributed by atoms with Crippen molar-refractivity contribution in [3.8, 4) is 17.2 Å². The van der Waals surface area contributed by atoms with Gasteiger partial charge < -0.3 is 20.7 Å². The van der Waals surface area contributed by atoms with E-state index in [4.69, 9.17) is 15.6 Å². The summed E-state index contributed by atoms with van der Waals surface area (Å²) in [7, 11) is 0. The normalized spacial score (nSPS) is 12.0. The second kappa shape index (κ2) is 7.48. The van der Waals surface area contributed by atoms with E-state index in [2.05, 4.69) is 0 Å². The number of halogens is 2. The van der Waals surface area contributed by atoms with E-state index >= 15 is 0 Å². The third-order valence-electron chi connectivity index (χ3n) is 3.78. The average molecular weight is 351 g/mol. The molecule has 2 aromatic rings. The molecule has 5 nitrogen and oxygen atoms in total. The van der Waals surface area contributed by atoms with Crippen LogP contribution in [-0.2, 0) is 17.6 Å². The monoisotopic (exact) mass is 351 g/mol. The number of ether oxygens (including phenoxy) is 1. The molecule has 1 unspecified atom stereocenters. The Bertz CT molecular complexity index is 785. The molecule has 0 saturated heterocycles. The van der Waals surface area contributed by atoms with Gasteiger partial charge in [-0.2, -0.15) is 0 Å². The molecule has 2 rings (SSSR count). The van der Waals surface area contributed by atoms with Crippen LogP contribution in [0.2, 0.25) is 0 Å². The molecule has 0 fully saturated rings. The van der Waals surface area contributed by atoms with Gasteiger partial charge in [0.15, 0.2) is 17.4 Å². The molecule has 7 heteroatoms. The molecule has 0 aliphatic rings. The number of nitrogens with two attached hydrogens (primary N) is 1. The predicted molar refractivity (Wildman–Crippen MR) is 88.0 cm³/mol. The largest absolute Gasteiger partial charge is 0.507 e. The number of carboxylic acids is 1. The first-order chi connectivity index (χ1) is 11.7. The van der Waals surface area contributed by atoms with Crippen LogP contribution < -0.4 is 10.5 Å². The fraction of sp³-hybridized carbons (Fsp3) is 0.278. The third kappa shape index (κ3) is 4.24. The van der Waals surface area contributed by atoms with Gasteiger partial charge >= 0.3 is 5.97 Å². The summed E-state index contributed by atoms with van der Waals surface area (Å²) in [6, 6.07) is 3.72. The van der Waals surface area contributed by atoms with Crippen LogP contribution in [0.5, 0.6) is 17.2 Å². The van der Waals surface area contributed by atoms with Crippen molar-refractivity contribution >= 4 is 5.97 Å². The maximum absolute atomic E-state index is 14.2. The minimum absolute atomic E-state index is 0.119. The number of aromatic hydroxyl groups is 1. The van der Waals surface area contributed by atoms with Gasteiger partial charge in [0.1, 0.15) is 17.5 Å². The summed E-state index contributed by atoms with van der Waals surface area (Å²) in [6.45, 7) is 3.49. The lowest BCUT2D eigenvalue weighted by Crippen LogP contribution is -2.32. The van der Waals surface area contributed by atoms with Gasteiger partial charge in [-0.1, -0.05) is 6.92 Å². The van der Waals surface area contributed by atoms with E-state index < -0.39 is 29.4 Å². The molecule has 4 N–H and O–H groups in total. The lowest BCUT2D eigenvalue weighted by molar-refractivity contribution is -0.138. The van der Waals surface area contributed by atoms with E-state index in [-0.39, 0.29) is 23.5 Å². The molecule has 0 radical (unpaired) electrons. The number of aryl methyl sites for hydroxylation is 2. The molecule has 0 saturated carbocycles. The van der Waals surface area contributed by atoms with E-state index in [1.807, 2.05) is 6.92 Å². The Balaban J connectivity index is 2.32. The van der Waals surface area contributed by atoms with Gasteiger partial charge in [-0.25, -0.2) is 8.78 Å². The molecule has 0 aliphatic carbocycles. The molecule has 134 valence electrons. The molecule has 0 spiro atoms. The van der Waals surface area contributed by atoms with Crippen molar-refractivity contribution in [2.24, 2.45) is 5.73 Å². The summed E-state index contributed by atoms with van der Waals surface area (Å²) in [5.74, 6) is -3.46. The van der Waals surface area contributed by atoms with Crippen LogP contribution in [0.3, 0.4) is 0 Å². The number of carboxylic acid groups (broad SMARTS) is 1. The SMILES string of the molecule is CCc1cc(Oc2c(F)cc(CC(N)C(=O)O)cc2F)cc(C)c1O. The molecule has 2 aromatic carbocycles. The van der Waals surface area contributed by atoms with Crippen molar-refractivity contribution in [1.29, 1.82) is 0 Å². The second-order valence-electron chi connectivity index (χ2n) is 5.74. The molecule has 0 aromatic heterocycles. The Morgan fingerprint density at radius 2 is 1.84 bits per heavy atom. The second-order valence-corrected chi connectivity index (χ2v) is 5.74. The zero-order valence-corrected chi connectivity index (χ0v) is 13.8. The minimum Gasteiger partial charge on any atom is -0.507 e. The topological polar surface area (TPSA) is 92.8 Å². The van der Waals surface area contributed by atoms with Crippen LogP contribution in [0.25, 0.3) is 0 Å². The first-order valence-corrected chi connectivity index (χ1v) is 7.69. The van der Waals surface area contributed by atoms with E-state index in [9.17, 15) is 18.7 Å². The predicted octanol–water partition coefficient (Wildman–Crippen LogP) is 3.29. The van der Waals surface area contributed by atoms with E-state index in [1.165, 1.54) is 12.1 Å². The average Bonchev–Trinajstić information content (AvgIpc) is 2.53. The number of aliphatic carboxylic acids is 1. The van der Waals surface area contributed by atoms with Crippen molar-refractivity contribution in [3.63, 3.8) is 0 Å². The molecular weight excluding hydrogens is 332 g/mol. The summed E-state index contributed by atoms with van der Waals surface area (Å²) < 4.78 is 33.7. The van der Waals surface area contributed by atoms with Gasteiger partial charge in [0.2, 0.25) is 0 Å². The number of rotatable bonds is 6. The quantitative estimate of drug-likeness (QED) is 0.743. The highest BCUT2D eigenvalue weighted by atomic mass is 19.1. The molecule has 0 heterocycles. The number of phenols is 1. The molecule has 0 aliphatic heterocycles. The van der Waals surface area contributed by atoms with E-state index in [0.717, 1.165) is 12.1 Å². The first kappa shape index (κ1) is 18.7. The summed E-state index contributed by atoms with van der Waals surface area (Å²) >= 11 is 0. The minimum atomic E-state index is -1.26. The Hall–Kier alpha value is -2.67. The highest BCUT2D eigenvalue weighted by Crippen LogP contribution is 2.33. The molecule has 0 amide bonds. The Labute approximate surface area is 143 Å².